The first-order chi connectivity index (χ1) is 12.1. The van der Waals surface area contributed by atoms with Gasteiger partial charge in [-0.2, -0.15) is 13.2 Å². The number of halogens is 3. The van der Waals surface area contributed by atoms with Crippen molar-refractivity contribution in [2.45, 2.75) is 32.5 Å². The Labute approximate surface area is 150 Å². The Morgan fingerprint density at radius 1 is 1.19 bits per heavy atom. The zero-order valence-corrected chi connectivity index (χ0v) is 14.7. The van der Waals surface area contributed by atoms with Gasteiger partial charge in [0.2, 0.25) is 5.91 Å². The average Bonchev–Trinajstić information content (AvgIpc) is 2.58. The third-order valence-electron chi connectivity index (χ3n) is 4.06. The molecule has 26 heavy (non-hydrogen) atoms. The van der Waals surface area contributed by atoms with Crippen molar-refractivity contribution in [3.05, 3.63) is 71.3 Å². The molecule has 0 spiro atoms. The van der Waals surface area contributed by atoms with E-state index in [2.05, 4.69) is 11.9 Å². The standard InChI is InChI=1S/C20H21F3N2O/c1-12(2)16-8-5-9-17(13(3)19(24)26)18(16)25-11-14-6-4-7-15(10-14)20(21,22)23/h4-10,12,25H,3,11H2,1-2H3,(H2,24,26). The number of carbonyl (C=O) groups is 1. The minimum Gasteiger partial charge on any atom is -0.380 e. The summed E-state index contributed by atoms with van der Waals surface area (Å²) in [4.78, 5) is 11.5. The number of rotatable bonds is 6. The van der Waals surface area contributed by atoms with Crippen LogP contribution in [0.3, 0.4) is 0 Å². The lowest BCUT2D eigenvalue weighted by atomic mass is 9.94. The van der Waals surface area contributed by atoms with E-state index in [9.17, 15) is 18.0 Å². The molecule has 0 atom stereocenters. The van der Waals surface area contributed by atoms with Gasteiger partial charge < -0.3 is 11.1 Å². The highest BCUT2D eigenvalue weighted by molar-refractivity contribution is 6.19. The van der Waals surface area contributed by atoms with Gasteiger partial charge in [0.05, 0.1) is 5.56 Å². The van der Waals surface area contributed by atoms with Crippen molar-refractivity contribution in [2.75, 3.05) is 5.32 Å². The molecular formula is C20H21F3N2O. The van der Waals surface area contributed by atoms with Crippen LogP contribution in [0.25, 0.3) is 5.57 Å². The van der Waals surface area contributed by atoms with Gasteiger partial charge in [-0.25, -0.2) is 0 Å². The summed E-state index contributed by atoms with van der Waals surface area (Å²) < 4.78 is 38.6. The van der Waals surface area contributed by atoms with Gasteiger partial charge in [0.15, 0.2) is 0 Å². The highest BCUT2D eigenvalue weighted by atomic mass is 19.4. The Morgan fingerprint density at radius 3 is 2.42 bits per heavy atom. The van der Waals surface area contributed by atoms with Crippen LogP contribution in [-0.4, -0.2) is 5.91 Å². The van der Waals surface area contributed by atoms with Crippen molar-refractivity contribution in [2.24, 2.45) is 5.73 Å². The number of primary amides is 1. The predicted molar refractivity (Wildman–Crippen MR) is 97.5 cm³/mol. The molecule has 3 N–H and O–H groups in total. The van der Waals surface area contributed by atoms with Gasteiger partial charge in [0, 0.05) is 23.4 Å². The molecule has 0 saturated carbocycles. The number of benzene rings is 2. The van der Waals surface area contributed by atoms with Crippen molar-refractivity contribution < 1.29 is 18.0 Å². The molecule has 0 aliphatic rings. The Bertz CT molecular complexity index is 826. The Morgan fingerprint density at radius 2 is 1.85 bits per heavy atom. The van der Waals surface area contributed by atoms with Crippen molar-refractivity contribution in [1.29, 1.82) is 0 Å². The highest BCUT2D eigenvalue weighted by Gasteiger charge is 2.30. The summed E-state index contributed by atoms with van der Waals surface area (Å²) in [5, 5.41) is 3.16. The first-order valence-electron chi connectivity index (χ1n) is 8.13. The zero-order valence-electron chi connectivity index (χ0n) is 14.7. The monoisotopic (exact) mass is 362 g/mol. The fourth-order valence-corrected chi connectivity index (χ4v) is 2.68. The molecule has 0 aromatic heterocycles. The Kier molecular flexibility index (Phi) is 5.75. The average molecular weight is 362 g/mol. The molecule has 0 heterocycles. The smallest absolute Gasteiger partial charge is 0.380 e. The molecule has 0 saturated heterocycles. The number of carbonyl (C=O) groups excluding carboxylic acids is 1. The molecule has 6 heteroatoms. The molecule has 2 aromatic rings. The van der Waals surface area contributed by atoms with Gasteiger partial charge in [-0.15, -0.1) is 0 Å². The van der Waals surface area contributed by atoms with E-state index < -0.39 is 17.6 Å². The van der Waals surface area contributed by atoms with Crippen LogP contribution in [0.15, 0.2) is 49.0 Å². The second-order valence-electron chi connectivity index (χ2n) is 6.32. The lowest BCUT2D eigenvalue weighted by Crippen LogP contribution is -2.15. The van der Waals surface area contributed by atoms with Crippen LogP contribution in [0.4, 0.5) is 18.9 Å². The molecule has 1 amide bonds. The number of anilines is 1. The SMILES string of the molecule is C=C(C(N)=O)c1cccc(C(C)C)c1NCc1cccc(C(F)(F)F)c1. The first-order valence-corrected chi connectivity index (χ1v) is 8.13. The summed E-state index contributed by atoms with van der Waals surface area (Å²) in [5.41, 5.74) is 7.42. The highest BCUT2D eigenvalue weighted by Crippen LogP contribution is 2.33. The van der Waals surface area contributed by atoms with Crippen molar-refractivity contribution >= 4 is 17.2 Å². The molecule has 3 nitrogen and oxygen atoms in total. The van der Waals surface area contributed by atoms with Crippen LogP contribution in [0.1, 0.15) is 42.0 Å². The number of nitrogens with two attached hydrogens (primary N) is 1. The predicted octanol–water partition coefficient (Wildman–Crippen LogP) is 4.94. The van der Waals surface area contributed by atoms with Crippen LogP contribution < -0.4 is 11.1 Å². The van der Waals surface area contributed by atoms with E-state index in [1.54, 1.807) is 18.2 Å². The quantitative estimate of drug-likeness (QED) is 0.715. The van der Waals surface area contributed by atoms with Gasteiger partial charge in [0.1, 0.15) is 0 Å². The second-order valence-corrected chi connectivity index (χ2v) is 6.32. The van der Waals surface area contributed by atoms with E-state index in [0.717, 1.165) is 17.7 Å². The lowest BCUT2D eigenvalue weighted by molar-refractivity contribution is -0.137. The molecule has 0 radical (unpaired) electrons. The number of para-hydroxylation sites is 1. The van der Waals surface area contributed by atoms with Crippen LogP contribution in [0.5, 0.6) is 0 Å². The topological polar surface area (TPSA) is 55.1 Å². The number of hydrogen-bond donors (Lipinski definition) is 2. The summed E-state index contributed by atoms with van der Waals surface area (Å²) in [7, 11) is 0. The number of hydrogen-bond acceptors (Lipinski definition) is 2. The Balaban J connectivity index is 2.37. The fourth-order valence-electron chi connectivity index (χ4n) is 2.68. The maximum Gasteiger partial charge on any atom is 0.416 e. The maximum atomic E-state index is 12.9. The van der Waals surface area contributed by atoms with E-state index in [-0.39, 0.29) is 18.0 Å². The van der Waals surface area contributed by atoms with Gasteiger partial charge in [-0.1, -0.05) is 50.8 Å². The number of alkyl halides is 3. The first kappa shape index (κ1) is 19.6. The van der Waals surface area contributed by atoms with Crippen LogP contribution >= 0.6 is 0 Å². The van der Waals surface area contributed by atoms with E-state index in [1.807, 2.05) is 19.9 Å². The second kappa shape index (κ2) is 7.64. The van der Waals surface area contributed by atoms with Gasteiger partial charge in [-0.3, -0.25) is 4.79 Å². The molecule has 2 aromatic carbocycles. The maximum absolute atomic E-state index is 12.9. The summed E-state index contributed by atoms with van der Waals surface area (Å²) >= 11 is 0. The summed E-state index contributed by atoms with van der Waals surface area (Å²) in [6, 6.07) is 10.5. The van der Waals surface area contributed by atoms with Crippen molar-refractivity contribution in [3.8, 4) is 0 Å². The van der Waals surface area contributed by atoms with Crippen molar-refractivity contribution in [1.82, 2.24) is 0 Å². The van der Waals surface area contributed by atoms with Crippen LogP contribution in [-0.2, 0) is 17.5 Å². The normalized spacial score (nSPS) is 11.5. The molecule has 0 aliphatic heterocycles. The largest absolute Gasteiger partial charge is 0.416 e. The van der Waals surface area contributed by atoms with E-state index >= 15 is 0 Å². The molecule has 0 unspecified atom stereocenters. The number of nitrogens with one attached hydrogen (secondary N) is 1. The molecule has 0 aliphatic carbocycles. The minimum absolute atomic E-state index is 0.139. The Hall–Kier alpha value is -2.76. The third kappa shape index (κ3) is 4.45. The molecule has 2 rings (SSSR count). The van der Waals surface area contributed by atoms with E-state index in [0.29, 0.717) is 16.8 Å². The van der Waals surface area contributed by atoms with Crippen LogP contribution in [0, 0.1) is 0 Å². The van der Waals surface area contributed by atoms with Crippen molar-refractivity contribution in [3.63, 3.8) is 0 Å². The summed E-state index contributed by atoms with van der Waals surface area (Å²) in [5.74, 6) is -0.507. The van der Waals surface area contributed by atoms with E-state index in [4.69, 9.17) is 5.73 Å². The molecular weight excluding hydrogens is 341 g/mol. The lowest BCUT2D eigenvalue weighted by Gasteiger charge is -2.19. The summed E-state index contributed by atoms with van der Waals surface area (Å²) in [6.07, 6.45) is -4.39. The van der Waals surface area contributed by atoms with Crippen LogP contribution in [0.2, 0.25) is 0 Å². The van der Waals surface area contributed by atoms with Gasteiger partial charge >= 0.3 is 6.18 Å². The molecule has 0 bridgehead atoms. The van der Waals surface area contributed by atoms with Gasteiger partial charge in [0.25, 0.3) is 0 Å². The van der Waals surface area contributed by atoms with Gasteiger partial charge in [-0.05, 0) is 29.2 Å². The summed E-state index contributed by atoms with van der Waals surface area (Å²) in [6.45, 7) is 7.87. The zero-order chi connectivity index (χ0) is 19.5. The third-order valence-corrected chi connectivity index (χ3v) is 4.06. The minimum atomic E-state index is -4.39. The molecule has 0 fully saturated rings. The van der Waals surface area contributed by atoms with E-state index in [1.165, 1.54) is 6.07 Å². The molecule has 138 valence electrons. The fraction of sp³-hybridized carbons (Fsp3) is 0.250. The number of amides is 1.